The number of carbonyl (C=O) groups excluding carboxylic acids is 1. The molecule has 4 unspecified atom stereocenters. The molecule has 1 saturated heterocycles. The first kappa shape index (κ1) is 18.3. The van der Waals surface area contributed by atoms with Crippen LogP contribution in [0.2, 0.25) is 5.02 Å². The number of rotatable bonds is 4. The highest BCUT2D eigenvalue weighted by atomic mass is 35.5. The van der Waals surface area contributed by atoms with E-state index in [-0.39, 0.29) is 6.04 Å². The zero-order chi connectivity index (χ0) is 19.3. The van der Waals surface area contributed by atoms with Crippen LogP contribution in [0.3, 0.4) is 0 Å². The van der Waals surface area contributed by atoms with Crippen LogP contribution in [-0.2, 0) is 11.2 Å². The second kappa shape index (κ2) is 7.26. The summed E-state index contributed by atoms with van der Waals surface area (Å²) in [6.07, 6.45) is 6.77. The molecule has 1 saturated carbocycles. The first-order valence-corrected chi connectivity index (χ1v) is 10.6. The molecule has 2 bridgehead atoms. The molecule has 1 aromatic carbocycles. The largest absolute Gasteiger partial charge is 0.398 e. The van der Waals surface area contributed by atoms with Crippen LogP contribution in [0.25, 0.3) is 10.9 Å². The van der Waals surface area contributed by atoms with Crippen molar-refractivity contribution in [2.75, 3.05) is 18.8 Å². The molecule has 1 aliphatic heterocycles. The van der Waals surface area contributed by atoms with Gasteiger partial charge in [-0.05, 0) is 68.1 Å². The summed E-state index contributed by atoms with van der Waals surface area (Å²) in [4.78, 5) is 15.8. The first-order valence-electron chi connectivity index (χ1n) is 10.2. The monoisotopic (exact) mass is 399 g/mol. The van der Waals surface area contributed by atoms with Crippen molar-refractivity contribution in [3.63, 3.8) is 0 Å². The maximum atomic E-state index is 10.9. The van der Waals surface area contributed by atoms with Crippen LogP contribution in [0.5, 0.6) is 0 Å². The quantitative estimate of drug-likeness (QED) is 0.686. The average molecular weight is 400 g/mol. The lowest BCUT2D eigenvalue weighted by Gasteiger charge is -2.41. The Morgan fingerprint density at radius 3 is 3.04 bits per heavy atom. The van der Waals surface area contributed by atoms with Crippen LogP contribution in [0.4, 0.5) is 5.69 Å². The molecular weight excluding hydrogens is 374 g/mol. The molecule has 0 amide bonds. The van der Waals surface area contributed by atoms with Crippen molar-refractivity contribution >= 4 is 34.5 Å². The molecule has 6 nitrogen and oxygen atoms in total. The first-order chi connectivity index (χ1) is 13.6. The number of carbonyl (C=O) groups is 1. The van der Waals surface area contributed by atoms with Crippen LogP contribution < -0.4 is 16.7 Å². The van der Waals surface area contributed by atoms with Gasteiger partial charge in [0.2, 0.25) is 0 Å². The normalized spacial score (nSPS) is 29.8. The fourth-order valence-corrected chi connectivity index (χ4v) is 5.65. The number of hydrogen-bond acceptors (Lipinski definition) is 6. The Labute approximate surface area is 169 Å². The van der Waals surface area contributed by atoms with E-state index in [0.29, 0.717) is 22.8 Å². The maximum Gasteiger partial charge on any atom is 0.139 e. The number of aldehydes is 1. The van der Waals surface area contributed by atoms with Crippen molar-refractivity contribution < 1.29 is 4.79 Å². The summed E-state index contributed by atoms with van der Waals surface area (Å²) in [5, 5.41) is 3.85. The summed E-state index contributed by atoms with van der Waals surface area (Å²) in [6, 6.07) is 5.71. The van der Waals surface area contributed by atoms with Gasteiger partial charge in [0.1, 0.15) is 6.29 Å². The molecule has 2 aromatic rings. The summed E-state index contributed by atoms with van der Waals surface area (Å²) in [6.45, 7) is 1.69. The fraction of sp³-hybridized carbons (Fsp3) is 0.524. The van der Waals surface area contributed by atoms with Crippen molar-refractivity contribution in [1.29, 1.82) is 0 Å². The lowest BCUT2D eigenvalue weighted by molar-refractivity contribution is -0.109. The van der Waals surface area contributed by atoms with Crippen LogP contribution >= 0.6 is 11.6 Å². The van der Waals surface area contributed by atoms with Crippen molar-refractivity contribution in [3.8, 4) is 0 Å². The molecule has 0 radical (unpaired) electrons. The molecule has 0 spiro atoms. The molecule has 2 heterocycles. The van der Waals surface area contributed by atoms with E-state index in [1.807, 2.05) is 18.2 Å². The molecule has 4 atom stereocenters. The molecule has 3 aliphatic rings. The molecule has 2 fully saturated rings. The Hall–Kier alpha value is -1.73. The van der Waals surface area contributed by atoms with E-state index < -0.39 is 0 Å². The summed E-state index contributed by atoms with van der Waals surface area (Å²) >= 11 is 6.16. The minimum absolute atomic E-state index is 0.106. The van der Waals surface area contributed by atoms with Gasteiger partial charge in [0, 0.05) is 40.4 Å². The molecule has 7 heteroatoms. The van der Waals surface area contributed by atoms with Crippen LogP contribution in [0.15, 0.2) is 18.2 Å². The Kier molecular flexibility index (Phi) is 4.75. The number of fused-ring (bicyclic) bond motifs is 5. The topological polar surface area (TPSA) is 83.3 Å². The average Bonchev–Trinajstić information content (AvgIpc) is 3.14. The third kappa shape index (κ3) is 3.28. The summed E-state index contributed by atoms with van der Waals surface area (Å²) in [5.74, 6) is 1.88. The fourth-order valence-electron chi connectivity index (χ4n) is 5.48. The zero-order valence-corrected chi connectivity index (χ0v) is 16.6. The number of halogens is 1. The predicted molar refractivity (Wildman–Crippen MR) is 111 cm³/mol. The number of aromatic nitrogens is 1. The zero-order valence-electron chi connectivity index (χ0n) is 15.8. The Balaban J connectivity index is 1.34. The number of benzene rings is 1. The van der Waals surface area contributed by atoms with E-state index in [4.69, 9.17) is 22.3 Å². The number of nitrogens with one attached hydrogen (secondary N) is 2. The number of hydrazine groups is 2. The summed E-state index contributed by atoms with van der Waals surface area (Å²) in [5.41, 5.74) is 17.0. The van der Waals surface area contributed by atoms with E-state index in [1.54, 1.807) is 0 Å². The predicted octanol–water partition coefficient (Wildman–Crippen LogP) is 2.81. The van der Waals surface area contributed by atoms with E-state index in [0.717, 1.165) is 48.8 Å². The van der Waals surface area contributed by atoms with Gasteiger partial charge in [0.25, 0.3) is 0 Å². The maximum absolute atomic E-state index is 10.9. The van der Waals surface area contributed by atoms with E-state index in [9.17, 15) is 4.79 Å². The molecule has 148 valence electrons. The van der Waals surface area contributed by atoms with E-state index in [2.05, 4.69) is 16.0 Å². The minimum Gasteiger partial charge on any atom is -0.398 e. The lowest BCUT2D eigenvalue weighted by atomic mass is 9.65. The standard InChI is InChI=1S/C21H26ClN5O/c22-15-1-2-17-18(9-15)24-19-8-13-5-12(6-14(7-13)20(19)21(17)23)3-4-27-10-16(11-28)25-26-27/h1-2,9,11-14,16,25-26H,3-8,10H2,(H2,23,24). The minimum atomic E-state index is -0.106. The number of hydrogen-bond donors (Lipinski definition) is 3. The van der Waals surface area contributed by atoms with Crippen LogP contribution in [0.1, 0.15) is 42.9 Å². The SMILES string of the molecule is Nc1c2c(nc3cc(Cl)ccc13)CC1CC(CCN3CC(C=O)NN3)CC2C1. The third-order valence-corrected chi connectivity index (χ3v) is 6.93. The third-order valence-electron chi connectivity index (χ3n) is 6.70. The molecule has 1 aromatic heterocycles. The van der Waals surface area contributed by atoms with Gasteiger partial charge in [-0.1, -0.05) is 11.6 Å². The number of pyridine rings is 1. The molecule has 5 rings (SSSR count). The molecular formula is C21H26ClN5O. The molecule has 2 aliphatic carbocycles. The number of nitrogens with zero attached hydrogens (tertiary/aromatic N) is 2. The van der Waals surface area contributed by atoms with E-state index in [1.165, 1.54) is 30.5 Å². The van der Waals surface area contributed by atoms with Gasteiger partial charge in [0.15, 0.2) is 0 Å². The van der Waals surface area contributed by atoms with Gasteiger partial charge < -0.3 is 10.5 Å². The Bertz CT molecular complexity index is 919. The van der Waals surface area contributed by atoms with Crippen LogP contribution in [-0.4, -0.2) is 35.4 Å². The summed E-state index contributed by atoms with van der Waals surface area (Å²) < 4.78 is 0. The van der Waals surface area contributed by atoms with Gasteiger partial charge in [-0.15, -0.1) is 0 Å². The van der Waals surface area contributed by atoms with Gasteiger partial charge >= 0.3 is 0 Å². The van der Waals surface area contributed by atoms with Gasteiger partial charge in [-0.2, -0.15) is 5.53 Å². The second-order valence-electron chi connectivity index (χ2n) is 8.62. The summed E-state index contributed by atoms with van der Waals surface area (Å²) in [7, 11) is 0. The highest BCUT2D eigenvalue weighted by Gasteiger charge is 2.37. The highest BCUT2D eigenvalue weighted by molar-refractivity contribution is 6.31. The van der Waals surface area contributed by atoms with Gasteiger partial charge in [-0.3, -0.25) is 4.98 Å². The highest BCUT2D eigenvalue weighted by Crippen LogP contribution is 2.49. The Morgan fingerprint density at radius 1 is 1.32 bits per heavy atom. The molecule has 4 N–H and O–H groups in total. The number of anilines is 1. The van der Waals surface area contributed by atoms with Crippen molar-refractivity contribution in [3.05, 3.63) is 34.5 Å². The van der Waals surface area contributed by atoms with Crippen molar-refractivity contribution in [1.82, 2.24) is 21.0 Å². The van der Waals surface area contributed by atoms with Crippen molar-refractivity contribution in [2.45, 2.75) is 44.1 Å². The number of nitrogens with two attached hydrogens (primary N) is 1. The van der Waals surface area contributed by atoms with Crippen molar-refractivity contribution in [2.24, 2.45) is 11.8 Å². The van der Waals surface area contributed by atoms with Gasteiger partial charge in [-0.25, -0.2) is 10.4 Å². The number of nitrogen functional groups attached to an aromatic ring is 1. The lowest BCUT2D eigenvalue weighted by Crippen LogP contribution is -2.38. The van der Waals surface area contributed by atoms with E-state index >= 15 is 0 Å². The molecule has 28 heavy (non-hydrogen) atoms. The smallest absolute Gasteiger partial charge is 0.139 e. The van der Waals surface area contributed by atoms with Gasteiger partial charge in [0.05, 0.1) is 11.6 Å². The van der Waals surface area contributed by atoms with Crippen LogP contribution in [0, 0.1) is 11.8 Å². The second-order valence-corrected chi connectivity index (χ2v) is 9.06. The Morgan fingerprint density at radius 2 is 2.21 bits per heavy atom.